The molecule has 2 aromatic rings. The predicted molar refractivity (Wildman–Crippen MR) is 49.8 cm³/mol. The van der Waals surface area contributed by atoms with E-state index in [4.69, 9.17) is 0 Å². The highest BCUT2D eigenvalue weighted by Gasteiger charge is 1.89. The van der Waals surface area contributed by atoms with E-state index in [-0.39, 0.29) is 0 Å². The van der Waals surface area contributed by atoms with Crippen molar-refractivity contribution in [2.45, 2.75) is 0 Å². The van der Waals surface area contributed by atoms with Gasteiger partial charge in [-0.2, -0.15) is 11.9 Å². The zero-order valence-corrected chi connectivity index (χ0v) is 6.80. The van der Waals surface area contributed by atoms with Crippen molar-refractivity contribution in [1.29, 1.82) is 0 Å². The van der Waals surface area contributed by atoms with E-state index >= 15 is 0 Å². The Kier molecular flexibility index (Phi) is 1.99. The van der Waals surface area contributed by atoms with E-state index in [0.29, 0.717) is 6.48 Å². The first kappa shape index (κ1) is 7.23. The first-order valence-corrected chi connectivity index (χ1v) is 4.11. The van der Waals surface area contributed by atoms with Crippen molar-refractivity contribution < 1.29 is 4.48 Å². The van der Waals surface area contributed by atoms with Gasteiger partial charge in [0.15, 0.2) is 0 Å². The molecule has 2 heteroatoms. The molecule has 12 heavy (non-hydrogen) atoms. The molecule has 0 aliphatic heterocycles. The maximum atomic E-state index is 2.17. The molecule has 0 bridgehead atoms. The summed E-state index contributed by atoms with van der Waals surface area (Å²) in [6.07, 6.45) is 4.15. The van der Waals surface area contributed by atoms with Crippen molar-refractivity contribution >= 4 is 6.48 Å². The highest BCUT2D eigenvalue weighted by molar-refractivity contribution is 6.40. The maximum absolute atomic E-state index is 2.17. The van der Waals surface area contributed by atoms with Crippen molar-refractivity contribution in [3.63, 3.8) is 0 Å². The molecule has 1 nitrogen and oxygen atoms in total. The quantitative estimate of drug-likeness (QED) is 0.584. The van der Waals surface area contributed by atoms with Gasteiger partial charge >= 0.3 is 0 Å². The smallest absolute Gasteiger partial charge is 0.221 e. The molecule has 0 spiro atoms. The van der Waals surface area contributed by atoms with Crippen LogP contribution in [0.15, 0.2) is 60.7 Å². The molecule has 0 saturated carbocycles. The first-order valence-electron chi connectivity index (χ1n) is 4.11. The molecule has 2 aromatic heterocycles. The van der Waals surface area contributed by atoms with Crippen molar-refractivity contribution in [2.75, 3.05) is 0 Å². The normalized spacial score (nSPS) is 9.67. The average Bonchev–Trinajstić information content (AvgIpc) is 2.21. The number of rotatable bonds is 1. The van der Waals surface area contributed by atoms with Gasteiger partial charge in [0.2, 0.25) is 6.48 Å². The van der Waals surface area contributed by atoms with Crippen LogP contribution in [0.1, 0.15) is 0 Å². The van der Waals surface area contributed by atoms with Crippen molar-refractivity contribution in [1.82, 2.24) is 0 Å². The van der Waals surface area contributed by atoms with E-state index in [2.05, 4.69) is 40.9 Å². The largest absolute Gasteiger partial charge is 0.432 e. The molecule has 0 aliphatic rings. The van der Waals surface area contributed by atoms with Crippen LogP contribution in [-0.4, -0.2) is 6.48 Å². The second-order valence-electron chi connectivity index (χ2n) is 2.78. The van der Waals surface area contributed by atoms with Crippen LogP contribution in [0, 0.1) is 0 Å². The van der Waals surface area contributed by atoms with Crippen molar-refractivity contribution in [2.24, 2.45) is 0 Å². The summed E-state index contributed by atoms with van der Waals surface area (Å²) in [4.78, 5) is 0. The van der Waals surface area contributed by atoms with E-state index in [0.717, 1.165) is 0 Å². The van der Waals surface area contributed by atoms with E-state index in [1.54, 1.807) is 0 Å². The van der Waals surface area contributed by atoms with E-state index < -0.39 is 0 Å². The van der Waals surface area contributed by atoms with Crippen LogP contribution in [0.25, 0.3) is 0 Å². The Balaban J connectivity index is 2.46. The second-order valence-corrected chi connectivity index (χ2v) is 2.78. The molecule has 2 rings (SSSR count). The molecule has 0 N–H and O–H groups in total. The van der Waals surface area contributed by atoms with Crippen LogP contribution in [0.3, 0.4) is 0 Å². The number of hydrogen-bond donors (Lipinski definition) is 0. The third kappa shape index (κ3) is 1.42. The summed E-state index contributed by atoms with van der Waals surface area (Å²) in [5.74, 6) is 4.33. The highest BCUT2D eigenvalue weighted by atomic mass is 14.8. The molecule has 0 aromatic carbocycles. The Labute approximate surface area is 72.4 Å². The summed E-state index contributed by atoms with van der Waals surface area (Å²) in [5.41, 5.74) is 0. The average molecular weight is 155 g/mol. The lowest BCUT2D eigenvalue weighted by molar-refractivity contribution is -0.530. The number of aromatic nitrogens is 1. The molecule has 0 saturated heterocycles. The van der Waals surface area contributed by atoms with Gasteiger partial charge in [-0.25, -0.2) is 0 Å². The Bertz CT molecular complexity index is 307. The van der Waals surface area contributed by atoms with Crippen LogP contribution < -0.4 is 4.48 Å². The molecule has 0 amide bonds. The predicted octanol–water partition coefficient (Wildman–Crippen LogP) is 1.31. The monoisotopic (exact) mass is 155 g/mol. The van der Waals surface area contributed by atoms with Gasteiger partial charge in [-0.3, -0.25) is 0 Å². The molecule has 0 unspecified atom stereocenters. The summed E-state index contributed by atoms with van der Waals surface area (Å²) in [6, 6.07) is 12.3. The SMILES string of the molecule is c1cc[b-](-[n+]2ccccc2)cc1. The summed E-state index contributed by atoms with van der Waals surface area (Å²) >= 11 is 0. The summed E-state index contributed by atoms with van der Waals surface area (Å²) in [5, 5.41) is 0. The van der Waals surface area contributed by atoms with Crippen LogP contribution >= 0.6 is 0 Å². The Morgan fingerprint density at radius 2 is 1.25 bits per heavy atom. The molecule has 0 fully saturated rings. The van der Waals surface area contributed by atoms with Crippen molar-refractivity contribution in [3.05, 3.63) is 60.7 Å². The second kappa shape index (κ2) is 3.31. The van der Waals surface area contributed by atoms with Crippen molar-refractivity contribution in [3.8, 4) is 0 Å². The number of nitrogens with zero attached hydrogens (tertiary/aromatic N) is 1. The van der Waals surface area contributed by atoms with Gasteiger partial charge in [-0.05, 0) is 12.1 Å². The molecule has 0 aliphatic carbocycles. The van der Waals surface area contributed by atoms with E-state index in [1.807, 2.05) is 24.3 Å². The van der Waals surface area contributed by atoms with E-state index in [1.165, 1.54) is 0 Å². The van der Waals surface area contributed by atoms with Gasteiger partial charge in [-0.1, -0.05) is 24.3 Å². The fourth-order valence-corrected chi connectivity index (χ4v) is 1.29. The fraction of sp³-hybridized carbons (Fsp3) is 0. The number of hydrogen-bond acceptors (Lipinski definition) is 0. The van der Waals surface area contributed by atoms with Gasteiger partial charge in [0, 0.05) is 0 Å². The molecular formula is C10H10BN. The fourth-order valence-electron chi connectivity index (χ4n) is 1.29. The van der Waals surface area contributed by atoms with Crippen LogP contribution in [-0.2, 0) is 0 Å². The summed E-state index contributed by atoms with van der Waals surface area (Å²) < 4.78 is 2.17. The van der Waals surface area contributed by atoms with E-state index in [9.17, 15) is 0 Å². The zero-order valence-electron chi connectivity index (χ0n) is 6.80. The maximum Gasteiger partial charge on any atom is 0.221 e. The first-order chi connectivity index (χ1) is 5.97. The van der Waals surface area contributed by atoms with Gasteiger partial charge in [0.05, 0.1) is 0 Å². The van der Waals surface area contributed by atoms with Crippen LogP contribution in [0.4, 0.5) is 0 Å². The zero-order chi connectivity index (χ0) is 8.23. The molecule has 2 heterocycles. The lowest BCUT2D eigenvalue weighted by Crippen LogP contribution is -2.41. The topological polar surface area (TPSA) is 3.88 Å². The molecule has 58 valence electrons. The van der Waals surface area contributed by atoms with Crippen LogP contribution in [0.2, 0.25) is 0 Å². The lowest BCUT2D eigenvalue weighted by Gasteiger charge is -2.04. The van der Waals surface area contributed by atoms with Gasteiger partial charge in [0.1, 0.15) is 12.4 Å². The Morgan fingerprint density at radius 3 is 1.92 bits per heavy atom. The third-order valence-corrected chi connectivity index (χ3v) is 1.92. The Morgan fingerprint density at radius 1 is 0.667 bits per heavy atom. The number of pyridine rings is 1. The summed E-state index contributed by atoms with van der Waals surface area (Å²) in [6.45, 7) is 0.385. The minimum Gasteiger partial charge on any atom is -0.432 e. The standard InChI is InChI=1S/C10H10BN/c1-3-7-11(8-4-1)12-9-5-2-6-10-12/h1-10H. The minimum atomic E-state index is 0.385. The molecule has 0 radical (unpaired) electrons. The van der Waals surface area contributed by atoms with Crippen LogP contribution in [0.5, 0.6) is 0 Å². The lowest BCUT2D eigenvalue weighted by atomic mass is 9.79. The molecular weight excluding hydrogens is 145 g/mol. The third-order valence-electron chi connectivity index (χ3n) is 1.92. The molecule has 0 atom stereocenters. The minimum absolute atomic E-state index is 0.385. The van der Waals surface area contributed by atoms with Gasteiger partial charge in [0.25, 0.3) is 0 Å². The van der Waals surface area contributed by atoms with Gasteiger partial charge in [-0.15, -0.1) is 0 Å². The highest BCUT2D eigenvalue weighted by Crippen LogP contribution is 1.83. The summed E-state index contributed by atoms with van der Waals surface area (Å²) in [7, 11) is 0. The Hall–Kier alpha value is -1.44. The van der Waals surface area contributed by atoms with Gasteiger partial charge < -0.3 is 4.48 Å².